The van der Waals surface area contributed by atoms with Gasteiger partial charge in [0.15, 0.2) is 0 Å². The van der Waals surface area contributed by atoms with Crippen LogP contribution < -0.4 is 0 Å². The van der Waals surface area contributed by atoms with Crippen LogP contribution in [-0.2, 0) is 14.8 Å². The van der Waals surface area contributed by atoms with E-state index in [0.717, 1.165) is 4.31 Å². The Bertz CT molecular complexity index is 534. The lowest BCUT2D eigenvalue weighted by Gasteiger charge is -2.20. The van der Waals surface area contributed by atoms with Crippen LogP contribution in [0.3, 0.4) is 0 Å². The van der Waals surface area contributed by atoms with Crippen molar-refractivity contribution in [3.05, 3.63) is 29.8 Å². The molecule has 0 bridgehead atoms. The average molecular weight is 303 g/mol. The third kappa shape index (κ3) is 3.76. The van der Waals surface area contributed by atoms with E-state index in [9.17, 15) is 13.2 Å². The maximum Gasteiger partial charge on any atom is 0.337 e. The maximum atomic E-state index is 12.3. The van der Waals surface area contributed by atoms with Gasteiger partial charge in [-0.05, 0) is 24.3 Å². The average Bonchev–Trinajstić information content (AvgIpc) is 2.46. The van der Waals surface area contributed by atoms with Gasteiger partial charge in [-0.3, -0.25) is 0 Å². The number of sulfonamides is 1. The summed E-state index contributed by atoms with van der Waals surface area (Å²) in [6.07, 6.45) is 0. The molecule has 1 aromatic rings. The lowest BCUT2D eigenvalue weighted by Crippen LogP contribution is -2.35. The van der Waals surface area contributed by atoms with Crippen LogP contribution in [-0.4, -0.2) is 62.3 Å². The fraction of sp³-hybridized carbons (Fsp3) is 0.417. The summed E-state index contributed by atoms with van der Waals surface area (Å²) >= 11 is 0. The lowest BCUT2D eigenvalue weighted by molar-refractivity contribution is 0.0600. The summed E-state index contributed by atoms with van der Waals surface area (Å²) in [5, 5.41) is 17.7. The zero-order valence-electron chi connectivity index (χ0n) is 11.0. The van der Waals surface area contributed by atoms with Crippen LogP contribution in [0.15, 0.2) is 29.2 Å². The van der Waals surface area contributed by atoms with Crippen molar-refractivity contribution in [2.24, 2.45) is 0 Å². The van der Waals surface area contributed by atoms with Gasteiger partial charge in [-0.1, -0.05) is 0 Å². The highest BCUT2D eigenvalue weighted by Gasteiger charge is 2.23. The summed E-state index contributed by atoms with van der Waals surface area (Å²) in [5.74, 6) is -0.559. The first-order valence-electron chi connectivity index (χ1n) is 5.87. The predicted molar refractivity (Wildman–Crippen MR) is 70.7 cm³/mol. The molecular weight excluding hydrogens is 286 g/mol. The van der Waals surface area contributed by atoms with Gasteiger partial charge in [0.05, 0.1) is 30.8 Å². The second kappa shape index (κ2) is 7.34. The van der Waals surface area contributed by atoms with Crippen molar-refractivity contribution in [1.82, 2.24) is 4.31 Å². The SMILES string of the molecule is COC(=O)c1ccc(S(=O)(=O)N(CCO)CCO)cc1. The fourth-order valence-electron chi connectivity index (χ4n) is 1.61. The topological polar surface area (TPSA) is 104 Å². The van der Waals surface area contributed by atoms with Gasteiger partial charge in [0.1, 0.15) is 0 Å². The van der Waals surface area contributed by atoms with Gasteiger partial charge in [-0.15, -0.1) is 0 Å². The number of carbonyl (C=O) groups excluding carboxylic acids is 1. The molecule has 8 heteroatoms. The van der Waals surface area contributed by atoms with E-state index in [1.165, 1.54) is 31.4 Å². The highest BCUT2D eigenvalue weighted by Crippen LogP contribution is 2.16. The minimum Gasteiger partial charge on any atom is -0.465 e. The highest BCUT2D eigenvalue weighted by atomic mass is 32.2. The molecule has 0 amide bonds. The summed E-state index contributed by atoms with van der Waals surface area (Å²) in [6.45, 7) is -0.914. The van der Waals surface area contributed by atoms with Crippen molar-refractivity contribution >= 4 is 16.0 Å². The smallest absolute Gasteiger partial charge is 0.337 e. The Morgan fingerprint density at radius 1 is 1.15 bits per heavy atom. The summed E-state index contributed by atoms with van der Waals surface area (Å²) in [4.78, 5) is 11.2. The molecule has 0 fully saturated rings. The lowest BCUT2D eigenvalue weighted by atomic mass is 10.2. The third-order valence-corrected chi connectivity index (χ3v) is 4.52. The Labute approximate surface area is 117 Å². The van der Waals surface area contributed by atoms with E-state index in [1.807, 2.05) is 0 Å². The number of hydrogen-bond donors (Lipinski definition) is 2. The van der Waals surface area contributed by atoms with Crippen LogP contribution in [0.4, 0.5) is 0 Å². The van der Waals surface area contributed by atoms with E-state index >= 15 is 0 Å². The molecule has 1 rings (SSSR count). The first-order chi connectivity index (χ1) is 9.47. The number of hydrogen-bond acceptors (Lipinski definition) is 6. The number of aliphatic hydroxyl groups excluding tert-OH is 2. The number of aliphatic hydroxyl groups is 2. The van der Waals surface area contributed by atoms with Gasteiger partial charge in [0.25, 0.3) is 0 Å². The van der Waals surface area contributed by atoms with E-state index in [4.69, 9.17) is 10.2 Å². The van der Waals surface area contributed by atoms with Gasteiger partial charge in [-0.25, -0.2) is 13.2 Å². The largest absolute Gasteiger partial charge is 0.465 e. The molecule has 0 spiro atoms. The Morgan fingerprint density at radius 2 is 1.65 bits per heavy atom. The Balaban J connectivity index is 3.05. The van der Waals surface area contributed by atoms with Crippen LogP contribution in [0.1, 0.15) is 10.4 Å². The first kappa shape index (κ1) is 16.6. The molecule has 0 aliphatic carbocycles. The van der Waals surface area contributed by atoms with Gasteiger partial charge < -0.3 is 14.9 Å². The number of benzene rings is 1. The molecule has 0 saturated heterocycles. The molecule has 2 N–H and O–H groups in total. The number of ether oxygens (including phenoxy) is 1. The molecule has 0 aliphatic rings. The molecule has 7 nitrogen and oxygen atoms in total. The van der Waals surface area contributed by atoms with Crippen molar-refractivity contribution in [2.75, 3.05) is 33.4 Å². The van der Waals surface area contributed by atoms with E-state index in [-0.39, 0.29) is 36.8 Å². The van der Waals surface area contributed by atoms with Gasteiger partial charge in [0, 0.05) is 13.1 Å². The first-order valence-corrected chi connectivity index (χ1v) is 7.31. The maximum absolute atomic E-state index is 12.3. The summed E-state index contributed by atoms with van der Waals surface area (Å²) in [7, 11) is -2.58. The Kier molecular flexibility index (Phi) is 6.08. The van der Waals surface area contributed by atoms with Crippen molar-refractivity contribution < 1.29 is 28.2 Å². The zero-order valence-corrected chi connectivity index (χ0v) is 11.8. The summed E-state index contributed by atoms with van der Waals surface area (Å²) in [5.41, 5.74) is 0.238. The minimum absolute atomic E-state index is 0.0212. The molecule has 0 atom stereocenters. The van der Waals surface area contributed by atoms with Crippen molar-refractivity contribution in [2.45, 2.75) is 4.90 Å². The second-order valence-electron chi connectivity index (χ2n) is 3.87. The van der Waals surface area contributed by atoms with Crippen LogP contribution >= 0.6 is 0 Å². The number of rotatable bonds is 7. The van der Waals surface area contributed by atoms with Crippen molar-refractivity contribution in [3.63, 3.8) is 0 Å². The number of carbonyl (C=O) groups is 1. The van der Waals surface area contributed by atoms with E-state index in [1.54, 1.807) is 0 Å². The monoisotopic (exact) mass is 303 g/mol. The molecule has 112 valence electrons. The minimum atomic E-state index is -3.81. The number of methoxy groups -OCH3 is 1. The Hall–Kier alpha value is -1.48. The van der Waals surface area contributed by atoms with E-state index < -0.39 is 16.0 Å². The molecule has 0 saturated carbocycles. The molecule has 0 radical (unpaired) electrons. The van der Waals surface area contributed by atoms with Crippen LogP contribution in [0.25, 0.3) is 0 Å². The normalized spacial score (nSPS) is 11.6. The molecule has 0 aliphatic heterocycles. The Morgan fingerprint density at radius 3 is 2.05 bits per heavy atom. The summed E-state index contributed by atoms with van der Waals surface area (Å²) in [6, 6.07) is 5.25. The molecule has 0 heterocycles. The standard InChI is InChI=1S/C12H17NO6S/c1-19-12(16)10-2-4-11(5-3-10)20(17,18)13(6-8-14)7-9-15/h2-5,14-15H,6-9H2,1H3. The molecular formula is C12H17NO6S. The predicted octanol–water partition coefficient (Wildman–Crippen LogP) is -0.551. The zero-order chi connectivity index (χ0) is 15.2. The fourth-order valence-corrected chi connectivity index (χ4v) is 3.03. The van der Waals surface area contributed by atoms with E-state index in [0.29, 0.717) is 0 Å². The molecule has 1 aromatic carbocycles. The van der Waals surface area contributed by atoms with Crippen molar-refractivity contribution in [3.8, 4) is 0 Å². The number of esters is 1. The van der Waals surface area contributed by atoms with Crippen LogP contribution in [0.5, 0.6) is 0 Å². The van der Waals surface area contributed by atoms with E-state index in [2.05, 4.69) is 4.74 Å². The van der Waals surface area contributed by atoms with Gasteiger partial charge >= 0.3 is 5.97 Å². The third-order valence-electron chi connectivity index (χ3n) is 2.61. The van der Waals surface area contributed by atoms with Gasteiger partial charge in [0.2, 0.25) is 10.0 Å². The van der Waals surface area contributed by atoms with Crippen LogP contribution in [0.2, 0.25) is 0 Å². The quantitative estimate of drug-likeness (QED) is 0.655. The second-order valence-corrected chi connectivity index (χ2v) is 5.81. The molecule has 0 unspecified atom stereocenters. The van der Waals surface area contributed by atoms with Crippen molar-refractivity contribution in [1.29, 1.82) is 0 Å². The molecule has 20 heavy (non-hydrogen) atoms. The van der Waals surface area contributed by atoms with Gasteiger partial charge in [-0.2, -0.15) is 4.31 Å². The van der Waals surface area contributed by atoms with Crippen LogP contribution in [0, 0.1) is 0 Å². The molecule has 0 aromatic heterocycles. The highest BCUT2D eigenvalue weighted by molar-refractivity contribution is 7.89. The summed E-state index contributed by atoms with van der Waals surface area (Å²) < 4.78 is 30.0. The number of nitrogens with zero attached hydrogens (tertiary/aromatic N) is 1.